The highest BCUT2D eigenvalue weighted by atomic mass is 16.6. The maximum Gasteiger partial charge on any atom is 0.408 e. The van der Waals surface area contributed by atoms with Crippen LogP contribution in [0.1, 0.15) is 34.1 Å². The normalized spacial score (nSPS) is 12.3. The molecule has 0 aliphatic carbocycles. The number of hydrogen-bond donors (Lipinski definition) is 2. The van der Waals surface area contributed by atoms with Crippen LogP contribution < -0.4 is 10.6 Å². The molecule has 20 heavy (non-hydrogen) atoms. The Kier molecular flexibility index (Phi) is 7.02. The summed E-state index contributed by atoms with van der Waals surface area (Å²) in [5, 5.41) is 4.95. The molecule has 0 spiro atoms. The molecule has 3 amide bonds. The van der Waals surface area contributed by atoms with Crippen molar-refractivity contribution in [3.8, 4) is 0 Å². The van der Waals surface area contributed by atoms with Crippen molar-refractivity contribution in [2.75, 3.05) is 20.6 Å². The summed E-state index contributed by atoms with van der Waals surface area (Å²) in [6, 6.07) is -0.709. The number of nitrogens with one attached hydrogen (secondary N) is 2. The van der Waals surface area contributed by atoms with Gasteiger partial charge in [-0.1, -0.05) is 0 Å². The summed E-state index contributed by atoms with van der Waals surface area (Å²) < 4.78 is 5.07. The molecule has 0 saturated heterocycles. The van der Waals surface area contributed by atoms with Gasteiger partial charge in [0.15, 0.2) is 0 Å². The molecular weight excluding hydrogens is 262 g/mol. The molecule has 0 aromatic carbocycles. The van der Waals surface area contributed by atoms with Gasteiger partial charge in [-0.15, -0.1) is 0 Å². The number of ether oxygens (including phenoxy) is 1. The molecule has 116 valence electrons. The van der Waals surface area contributed by atoms with E-state index in [1.54, 1.807) is 34.7 Å². The molecule has 1 atom stereocenters. The first-order chi connectivity index (χ1) is 9.06. The highest BCUT2D eigenvalue weighted by Gasteiger charge is 2.23. The minimum Gasteiger partial charge on any atom is -0.444 e. The van der Waals surface area contributed by atoms with Gasteiger partial charge in [-0.25, -0.2) is 4.79 Å². The van der Waals surface area contributed by atoms with Crippen LogP contribution in [0, 0.1) is 0 Å². The Balaban J connectivity index is 4.26. The molecule has 7 nitrogen and oxygen atoms in total. The Morgan fingerprint density at radius 2 is 1.80 bits per heavy atom. The quantitative estimate of drug-likeness (QED) is 0.770. The van der Waals surface area contributed by atoms with Crippen LogP contribution in [-0.4, -0.2) is 55.1 Å². The molecule has 7 heteroatoms. The highest BCUT2D eigenvalue weighted by Crippen LogP contribution is 2.07. The standard InChI is InChI=1S/C13H25N3O4/c1-9(15-12(19)20-13(2,3)4)11(18)16(6)8-7-10(17)14-5/h9H,7-8H2,1-6H3,(H,14,17)(H,15,19)/t9-/m1/s1. The lowest BCUT2D eigenvalue weighted by atomic mass is 10.2. The van der Waals surface area contributed by atoms with Crippen LogP contribution >= 0.6 is 0 Å². The van der Waals surface area contributed by atoms with Gasteiger partial charge >= 0.3 is 6.09 Å². The van der Waals surface area contributed by atoms with Crippen LogP contribution in [0.5, 0.6) is 0 Å². The maximum absolute atomic E-state index is 12.0. The number of likely N-dealkylation sites (N-methyl/N-ethyl adjacent to an activating group) is 1. The van der Waals surface area contributed by atoms with Crippen LogP contribution in [0.15, 0.2) is 0 Å². The van der Waals surface area contributed by atoms with Gasteiger partial charge in [0.2, 0.25) is 11.8 Å². The van der Waals surface area contributed by atoms with Crippen molar-refractivity contribution in [1.29, 1.82) is 0 Å². The summed E-state index contributed by atoms with van der Waals surface area (Å²) in [5.41, 5.74) is -0.613. The molecular formula is C13H25N3O4. The van der Waals surface area contributed by atoms with Gasteiger partial charge in [0.25, 0.3) is 0 Å². The number of rotatable bonds is 5. The average molecular weight is 287 g/mol. The first-order valence-electron chi connectivity index (χ1n) is 6.52. The zero-order valence-corrected chi connectivity index (χ0v) is 13.1. The van der Waals surface area contributed by atoms with E-state index in [2.05, 4.69) is 10.6 Å². The third kappa shape index (κ3) is 7.60. The second kappa shape index (κ2) is 7.72. The minimum absolute atomic E-state index is 0.141. The monoisotopic (exact) mass is 287 g/mol. The molecule has 0 fully saturated rings. The SMILES string of the molecule is CNC(=O)CCN(C)C(=O)[C@@H](C)NC(=O)OC(C)(C)C. The lowest BCUT2D eigenvalue weighted by Gasteiger charge is -2.24. The van der Waals surface area contributed by atoms with Gasteiger partial charge in [-0.2, -0.15) is 0 Å². The fraction of sp³-hybridized carbons (Fsp3) is 0.769. The van der Waals surface area contributed by atoms with E-state index in [9.17, 15) is 14.4 Å². The van der Waals surface area contributed by atoms with Gasteiger partial charge in [0.1, 0.15) is 11.6 Å². The second-order valence-electron chi connectivity index (χ2n) is 5.55. The van der Waals surface area contributed by atoms with Gasteiger partial charge in [0.05, 0.1) is 0 Å². The van der Waals surface area contributed by atoms with Crippen LogP contribution in [0.3, 0.4) is 0 Å². The van der Waals surface area contributed by atoms with Crippen LogP contribution in [0.4, 0.5) is 4.79 Å². The molecule has 2 N–H and O–H groups in total. The summed E-state index contributed by atoms with van der Waals surface area (Å²) in [7, 11) is 3.12. The first kappa shape index (κ1) is 18.2. The lowest BCUT2D eigenvalue weighted by Crippen LogP contribution is -2.47. The molecule has 0 aliphatic heterocycles. The molecule has 0 unspecified atom stereocenters. The Morgan fingerprint density at radius 3 is 2.25 bits per heavy atom. The van der Waals surface area contributed by atoms with Crippen molar-refractivity contribution in [3.05, 3.63) is 0 Å². The summed E-state index contributed by atoms with van der Waals surface area (Å²) in [6.07, 6.45) is -0.421. The van der Waals surface area contributed by atoms with Crippen LogP contribution in [0.2, 0.25) is 0 Å². The Bertz CT molecular complexity index is 363. The second-order valence-corrected chi connectivity index (χ2v) is 5.55. The zero-order valence-electron chi connectivity index (χ0n) is 13.1. The molecule has 0 radical (unpaired) electrons. The molecule has 0 bridgehead atoms. The number of alkyl carbamates (subject to hydrolysis) is 1. The van der Waals surface area contributed by atoms with Gasteiger partial charge in [-0.3, -0.25) is 9.59 Å². The van der Waals surface area contributed by atoms with Gasteiger partial charge in [0, 0.05) is 27.1 Å². The van der Waals surface area contributed by atoms with E-state index in [0.717, 1.165) is 0 Å². The zero-order chi connectivity index (χ0) is 15.9. The van der Waals surface area contributed by atoms with E-state index >= 15 is 0 Å². The first-order valence-corrected chi connectivity index (χ1v) is 6.52. The molecule has 0 aromatic heterocycles. The fourth-order valence-electron chi connectivity index (χ4n) is 1.38. The molecule has 0 aromatic rings. The molecule has 0 aliphatic rings. The number of nitrogens with zero attached hydrogens (tertiary/aromatic N) is 1. The number of hydrogen-bond acceptors (Lipinski definition) is 4. The maximum atomic E-state index is 12.0. The van der Waals surface area contributed by atoms with Crippen molar-refractivity contribution in [1.82, 2.24) is 15.5 Å². The highest BCUT2D eigenvalue weighted by molar-refractivity contribution is 5.85. The Morgan fingerprint density at radius 1 is 1.25 bits per heavy atom. The average Bonchev–Trinajstić information content (AvgIpc) is 2.31. The number of carbonyl (C=O) groups excluding carboxylic acids is 3. The Labute approximate surface area is 120 Å². The molecule has 0 heterocycles. The van der Waals surface area contributed by atoms with Crippen molar-refractivity contribution < 1.29 is 19.1 Å². The third-order valence-corrected chi connectivity index (χ3v) is 2.43. The lowest BCUT2D eigenvalue weighted by molar-refractivity contribution is -0.132. The van der Waals surface area contributed by atoms with Crippen molar-refractivity contribution in [2.24, 2.45) is 0 Å². The molecule has 0 rings (SSSR count). The smallest absolute Gasteiger partial charge is 0.408 e. The number of amides is 3. The van der Waals surface area contributed by atoms with E-state index in [1.807, 2.05) is 0 Å². The predicted molar refractivity (Wildman–Crippen MR) is 75.2 cm³/mol. The molecule has 0 saturated carbocycles. The van der Waals surface area contributed by atoms with E-state index in [4.69, 9.17) is 4.74 Å². The third-order valence-electron chi connectivity index (χ3n) is 2.43. The Hall–Kier alpha value is -1.79. The van der Waals surface area contributed by atoms with Crippen LogP contribution in [-0.2, 0) is 14.3 Å². The van der Waals surface area contributed by atoms with E-state index < -0.39 is 17.7 Å². The van der Waals surface area contributed by atoms with Crippen molar-refractivity contribution >= 4 is 17.9 Å². The topological polar surface area (TPSA) is 87.7 Å². The summed E-state index contributed by atoms with van der Waals surface area (Å²) in [4.78, 5) is 36.0. The fourth-order valence-corrected chi connectivity index (χ4v) is 1.38. The van der Waals surface area contributed by atoms with Crippen LogP contribution in [0.25, 0.3) is 0 Å². The van der Waals surface area contributed by atoms with Crippen molar-refractivity contribution in [2.45, 2.75) is 45.8 Å². The minimum atomic E-state index is -0.709. The van der Waals surface area contributed by atoms with E-state index in [-0.39, 0.29) is 18.2 Å². The largest absolute Gasteiger partial charge is 0.444 e. The summed E-state index contributed by atoms with van der Waals surface area (Å²) in [5.74, 6) is -0.419. The summed E-state index contributed by atoms with van der Waals surface area (Å²) >= 11 is 0. The van der Waals surface area contributed by atoms with Crippen molar-refractivity contribution in [3.63, 3.8) is 0 Å². The van der Waals surface area contributed by atoms with Gasteiger partial charge in [-0.05, 0) is 27.7 Å². The van der Waals surface area contributed by atoms with Gasteiger partial charge < -0.3 is 20.3 Å². The van der Waals surface area contributed by atoms with E-state index in [0.29, 0.717) is 6.54 Å². The number of carbonyl (C=O) groups is 3. The van der Waals surface area contributed by atoms with E-state index in [1.165, 1.54) is 11.9 Å². The predicted octanol–water partition coefficient (Wildman–Crippen LogP) is 0.494. The summed E-state index contributed by atoms with van der Waals surface area (Å²) in [6.45, 7) is 7.10.